The number of carbonyl (C=O) groups is 1. The van der Waals surface area contributed by atoms with Crippen LogP contribution < -0.4 is 9.47 Å². The van der Waals surface area contributed by atoms with Crippen LogP contribution in [0.5, 0.6) is 11.5 Å². The average molecular weight is 450 g/mol. The van der Waals surface area contributed by atoms with Gasteiger partial charge in [-0.15, -0.1) is 0 Å². The molecule has 3 aliphatic heterocycles. The first-order valence-electron chi connectivity index (χ1n) is 9.44. The van der Waals surface area contributed by atoms with Crippen LogP contribution in [0.4, 0.5) is 4.39 Å². The van der Waals surface area contributed by atoms with Crippen LogP contribution in [0.15, 0.2) is 36.1 Å². The summed E-state index contributed by atoms with van der Waals surface area (Å²) >= 11 is 6.07. The largest absolute Gasteiger partial charge is 0.478 e. The summed E-state index contributed by atoms with van der Waals surface area (Å²) in [7, 11) is -3.03. The van der Waals surface area contributed by atoms with Crippen molar-refractivity contribution < 1.29 is 27.1 Å². The minimum Gasteiger partial charge on any atom is -0.478 e. The van der Waals surface area contributed by atoms with Gasteiger partial charge in [0, 0.05) is 18.2 Å². The Balaban J connectivity index is 1.48. The van der Waals surface area contributed by atoms with Crippen molar-refractivity contribution in [1.29, 1.82) is 0 Å². The summed E-state index contributed by atoms with van der Waals surface area (Å²) in [6, 6.07) is 7.47. The number of halogens is 2. The van der Waals surface area contributed by atoms with Gasteiger partial charge in [0.05, 0.1) is 27.7 Å². The number of nitrogens with zero attached hydrogens (tertiary/aromatic N) is 1. The molecule has 1 unspecified atom stereocenters. The maximum Gasteiger partial charge on any atom is 0.231 e. The third kappa shape index (κ3) is 3.29. The van der Waals surface area contributed by atoms with Gasteiger partial charge in [0.1, 0.15) is 24.0 Å². The third-order valence-electron chi connectivity index (χ3n) is 5.64. The Morgan fingerprint density at radius 2 is 2.07 bits per heavy atom. The van der Waals surface area contributed by atoms with Crippen LogP contribution in [0.25, 0.3) is 6.08 Å². The van der Waals surface area contributed by atoms with Crippen LogP contribution in [-0.2, 0) is 16.4 Å². The number of sulfone groups is 1. The molecule has 1 atom stereocenters. The molecule has 0 N–H and O–H groups in total. The molecule has 1 fully saturated rings. The molecule has 1 saturated heterocycles. The lowest BCUT2D eigenvalue weighted by molar-refractivity contribution is 0.0634. The SMILES string of the molecule is O=C1/C(=C/c2c(F)cccc2Cl)Oc2c1ccc1c2CN(C2CCS(=O)(=O)C2)CO1. The number of rotatable bonds is 2. The molecule has 3 aliphatic rings. The highest BCUT2D eigenvalue weighted by molar-refractivity contribution is 7.91. The molecular weight excluding hydrogens is 433 g/mol. The molecule has 30 heavy (non-hydrogen) atoms. The second-order valence-corrected chi connectivity index (χ2v) is 10.2. The number of allylic oxidation sites excluding steroid dienone is 1. The quantitative estimate of drug-likeness (QED) is 0.654. The van der Waals surface area contributed by atoms with Gasteiger partial charge in [0.15, 0.2) is 15.6 Å². The minimum atomic E-state index is -3.03. The van der Waals surface area contributed by atoms with Crippen molar-refractivity contribution in [3.8, 4) is 11.5 Å². The zero-order valence-corrected chi connectivity index (χ0v) is 17.3. The summed E-state index contributed by atoms with van der Waals surface area (Å²) in [6.07, 6.45) is 1.85. The lowest BCUT2D eigenvalue weighted by atomic mass is 10.0. The highest BCUT2D eigenvalue weighted by atomic mass is 35.5. The fourth-order valence-electron chi connectivity index (χ4n) is 4.05. The fourth-order valence-corrected chi connectivity index (χ4v) is 6.03. The Hall–Kier alpha value is -2.42. The maximum atomic E-state index is 14.1. The van der Waals surface area contributed by atoms with E-state index in [1.165, 1.54) is 24.3 Å². The standard InChI is InChI=1S/C21H17ClFNO5S/c22-16-2-1-3-17(23)14(16)8-19-20(25)13-4-5-18-15(21(13)29-19)9-24(11-28-18)12-6-7-30(26,27)10-12/h1-5,8,12H,6-7,9-11H2/b19-8-. The molecule has 156 valence electrons. The number of carbonyl (C=O) groups excluding carboxylic acids is 1. The monoisotopic (exact) mass is 449 g/mol. The predicted molar refractivity (Wildman–Crippen MR) is 109 cm³/mol. The number of hydrogen-bond donors (Lipinski definition) is 0. The van der Waals surface area contributed by atoms with Crippen molar-refractivity contribution in [2.24, 2.45) is 0 Å². The van der Waals surface area contributed by atoms with E-state index in [9.17, 15) is 17.6 Å². The number of benzene rings is 2. The van der Waals surface area contributed by atoms with Gasteiger partial charge in [0.2, 0.25) is 5.78 Å². The summed E-state index contributed by atoms with van der Waals surface area (Å²) in [4.78, 5) is 14.8. The average Bonchev–Trinajstić information content (AvgIpc) is 3.24. The number of ketones is 1. The van der Waals surface area contributed by atoms with Crippen LogP contribution in [0.2, 0.25) is 5.02 Å². The lowest BCUT2D eigenvalue weighted by Gasteiger charge is -2.33. The number of hydrogen-bond acceptors (Lipinski definition) is 6. The van der Waals surface area contributed by atoms with Crippen LogP contribution in [0.3, 0.4) is 0 Å². The van der Waals surface area contributed by atoms with Gasteiger partial charge < -0.3 is 9.47 Å². The van der Waals surface area contributed by atoms with Gasteiger partial charge in [-0.25, -0.2) is 12.8 Å². The van der Waals surface area contributed by atoms with Gasteiger partial charge in [-0.3, -0.25) is 9.69 Å². The fraction of sp³-hybridized carbons (Fsp3) is 0.286. The molecule has 6 nitrogen and oxygen atoms in total. The first kappa shape index (κ1) is 19.5. The van der Waals surface area contributed by atoms with Crippen molar-refractivity contribution >= 4 is 33.3 Å². The van der Waals surface area contributed by atoms with E-state index in [0.717, 1.165) is 0 Å². The highest BCUT2D eigenvalue weighted by Crippen LogP contribution is 2.43. The zero-order valence-electron chi connectivity index (χ0n) is 15.7. The number of fused-ring (bicyclic) bond motifs is 3. The molecule has 0 spiro atoms. The number of Topliss-reactive ketones (excluding diaryl/α,β-unsaturated/α-hetero) is 1. The maximum absolute atomic E-state index is 14.1. The van der Waals surface area contributed by atoms with Crippen LogP contribution in [-0.4, -0.2) is 43.4 Å². The van der Waals surface area contributed by atoms with Crippen molar-refractivity contribution in [1.82, 2.24) is 4.90 Å². The van der Waals surface area contributed by atoms with E-state index in [1.54, 1.807) is 12.1 Å². The summed E-state index contributed by atoms with van der Waals surface area (Å²) in [5.41, 5.74) is 1.12. The van der Waals surface area contributed by atoms with Gasteiger partial charge in [-0.2, -0.15) is 0 Å². The van der Waals surface area contributed by atoms with Gasteiger partial charge >= 0.3 is 0 Å². The van der Waals surface area contributed by atoms with Crippen molar-refractivity contribution in [2.45, 2.75) is 19.0 Å². The molecule has 5 rings (SSSR count). The topological polar surface area (TPSA) is 72.9 Å². The van der Waals surface area contributed by atoms with E-state index >= 15 is 0 Å². The molecule has 0 aromatic heterocycles. The Kier molecular flexibility index (Phi) is 4.61. The van der Waals surface area contributed by atoms with Crippen LogP contribution >= 0.6 is 11.6 Å². The molecule has 0 saturated carbocycles. The van der Waals surface area contributed by atoms with Gasteiger partial charge in [-0.05, 0) is 36.8 Å². The lowest BCUT2D eigenvalue weighted by Crippen LogP contribution is -2.41. The molecule has 0 amide bonds. The Morgan fingerprint density at radius 1 is 1.23 bits per heavy atom. The second kappa shape index (κ2) is 7.08. The molecule has 2 aromatic rings. The molecule has 2 aromatic carbocycles. The molecule has 0 radical (unpaired) electrons. The summed E-state index contributed by atoms with van der Waals surface area (Å²) in [5, 5.41) is 0.175. The highest BCUT2D eigenvalue weighted by Gasteiger charge is 2.38. The van der Waals surface area contributed by atoms with E-state index in [-0.39, 0.29) is 46.4 Å². The van der Waals surface area contributed by atoms with Crippen molar-refractivity contribution in [2.75, 3.05) is 18.2 Å². The van der Waals surface area contributed by atoms with E-state index in [2.05, 4.69) is 0 Å². The molecule has 3 heterocycles. The van der Waals surface area contributed by atoms with Crippen LogP contribution in [0, 0.1) is 5.82 Å². The van der Waals surface area contributed by atoms with Crippen molar-refractivity contribution in [3.05, 3.63) is 63.6 Å². The molecular formula is C21H17ClFNO5S. The predicted octanol–water partition coefficient (Wildman–Crippen LogP) is 3.43. The minimum absolute atomic E-state index is 0.0223. The Labute approximate surface area is 177 Å². The van der Waals surface area contributed by atoms with E-state index < -0.39 is 15.7 Å². The third-order valence-corrected chi connectivity index (χ3v) is 7.72. The van der Waals surface area contributed by atoms with E-state index in [1.807, 2.05) is 4.90 Å². The number of ether oxygens (including phenoxy) is 2. The summed E-state index contributed by atoms with van der Waals surface area (Å²) in [6.45, 7) is 0.674. The summed E-state index contributed by atoms with van der Waals surface area (Å²) in [5.74, 6) is 0.266. The zero-order chi connectivity index (χ0) is 21.0. The van der Waals surface area contributed by atoms with Crippen molar-refractivity contribution in [3.63, 3.8) is 0 Å². The van der Waals surface area contributed by atoms with Crippen LogP contribution in [0.1, 0.15) is 27.9 Å². The first-order valence-corrected chi connectivity index (χ1v) is 11.6. The molecule has 9 heteroatoms. The normalized spacial score (nSPS) is 23.7. The van der Waals surface area contributed by atoms with E-state index in [4.69, 9.17) is 21.1 Å². The Morgan fingerprint density at radius 3 is 2.80 bits per heavy atom. The smallest absolute Gasteiger partial charge is 0.231 e. The Bertz CT molecular complexity index is 1190. The molecule has 0 aliphatic carbocycles. The van der Waals surface area contributed by atoms with E-state index in [0.29, 0.717) is 35.6 Å². The summed E-state index contributed by atoms with van der Waals surface area (Å²) < 4.78 is 49.5. The first-order chi connectivity index (χ1) is 14.3. The van der Waals surface area contributed by atoms with Gasteiger partial charge in [-0.1, -0.05) is 17.7 Å². The molecule has 0 bridgehead atoms. The van der Waals surface area contributed by atoms with Gasteiger partial charge in [0.25, 0.3) is 0 Å². The second-order valence-electron chi connectivity index (χ2n) is 7.57.